The highest BCUT2D eigenvalue weighted by Crippen LogP contribution is 2.04. The topological polar surface area (TPSA) is 12.0 Å². The summed E-state index contributed by atoms with van der Waals surface area (Å²) in [6.45, 7) is 6.97. The van der Waals surface area contributed by atoms with Crippen molar-refractivity contribution in [2.24, 2.45) is 5.92 Å². The predicted octanol–water partition coefficient (Wildman–Crippen LogP) is 3.55. The van der Waals surface area contributed by atoms with Gasteiger partial charge in [0.25, 0.3) is 0 Å². The Morgan fingerprint density at radius 3 is 2.36 bits per heavy atom. The number of thioether (sulfide) groups is 1. The summed E-state index contributed by atoms with van der Waals surface area (Å²) in [5.74, 6) is 2.17. The third-order valence-electron chi connectivity index (χ3n) is 2.35. The zero-order valence-corrected chi connectivity index (χ0v) is 11.0. The number of rotatable bonds is 10. The summed E-state index contributed by atoms with van der Waals surface area (Å²) in [4.78, 5) is 0. The minimum absolute atomic E-state index is 0.837. The first-order chi connectivity index (χ1) is 6.77. The fourth-order valence-electron chi connectivity index (χ4n) is 1.37. The quantitative estimate of drug-likeness (QED) is 0.562. The summed E-state index contributed by atoms with van der Waals surface area (Å²) in [5, 5.41) is 3.50. The van der Waals surface area contributed by atoms with E-state index >= 15 is 0 Å². The van der Waals surface area contributed by atoms with Crippen LogP contribution in [0.4, 0.5) is 0 Å². The Bertz CT molecular complexity index is 104. The lowest BCUT2D eigenvalue weighted by molar-refractivity contribution is 0.523. The molecule has 0 rings (SSSR count). The van der Waals surface area contributed by atoms with Gasteiger partial charge >= 0.3 is 0 Å². The lowest BCUT2D eigenvalue weighted by Gasteiger charge is -2.06. The average molecular weight is 217 g/mol. The standard InChI is InChI=1S/C12H27NS/c1-12(2)8-10-13-9-6-4-5-7-11-14-3/h12-13H,4-11H2,1-3H3. The summed E-state index contributed by atoms with van der Waals surface area (Å²) in [6.07, 6.45) is 9.06. The normalized spacial score (nSPS) is 11.1. The van der Waals surface area contributed by atoms with Gasteiger partial charge in [0, 0.05) is 0 Å². The third kappa shape index (κ3) is 12.3. The van der Waals surface area contributed by atoms with Crippen LogP contribution in [-0.2, 0) is 0 Å². The van der Waals surface area contributed by atoms with Crippen LogP contribution in [0.2, 0.25) is 0 Å². The van der Waals surface area contributed by atoms with Gasteiger partial charge in [0.1, 0.15) is 0 Å². The van der Waals surface area contributed by atoms with Crippen molar-refractivity contribution in [2.45, 2.75) is 46.0 Å². The predicted molar refractivity (Wildman–Crippen MR) is 69.2 cm³/mol. The van der Waals surface area contributed by atoms with E-state index in [1.165, 1.54) is 50.9 Å². The van der Waals surface area contributed by atoms with E-state index in [-0.39, 0.29) is 0 Å². The molecule has 0 amide bonds. The van der Waals surface area contributed by atoms with Gasteiger partial charge in [0.15, 0.2) is 0 Å². The second-order valence-electron chi connectivity index (χ2n) is 4.34. The van der Waals surface area contributed by atoms with E-state index in [4.69, 9.17) is 0 Å². The first-order valence-corrected chi connectivity index (χ1v) is 7.36. The molecule has 0 spiro atoms. The smallest absolute Gasteiger partial charge is 0.00465 e. The Balaban J connectivity index is 2.85. The Hall–Kier alpha value is 0.310. The first-order valence-electron chi connectivity index (χ1n) is 5.97. The van der Waals surface area contributed by atoms with Crippen molar-refractivity contribution >= 4 is 11.8 Å². The fourth-order valence-corrected chi connectivity index (χ4v) is 1.86. The van der Waals surface area contributed by atoms with Gasteiger partial charge in [-0.25, -0.2) is 0 Å². The van der Waals surface area contributed by atoms with E-state index in [0.717, 1.165) is 5.92 Å². The van der Waals surface area contributed by atoms with Crippen molar-refractivity contribution < 1.29 is 0 Å². The number of hydrogen-bond acceptors (Lipinski definition) is 2. The zero-order chi connectivity index (χ0) is 10.6. The number of nitrogens with one attached hydrogen (secondary N) is 1. The molecular formula is C12H27NS. The lowest BCUT2D eigenvalue weighted by Crippen LogP contribution is -2.17. The Labute approximate surface area is 94.4 Å². The summed E-state index contributed by atoms with van der Waals surface area (Å²) in [5.41, 5.74) is 0. The van der Waals surface area contributed by atoms with Crippen molar-refractivity contribution in [1.82, 2.24) is 5.32 Å². The van der Waals surface area contributed by atoms with Crippen LogP contribution in [0.25, 0.3) is 0 Å². The Morgan fingerprint density at radius 1 is 1.00 bits per heavy atom. The molecule has 0 saturated carbocycles. The number of hydrogen-bond donors (Lipinski definition) is 1. The summed E-state index contributed by atoms with van der Waals surface area (Å²) in [7, 11) is 0. The minimum atomic E-state index is 0.837. The molecule has 14 heavy (non-hydrogen) atoms. The molecule has 0 heterocycles. The lowest BCUT2D eigenvalue weighted by atomic mass is 10.1. The van der Waals surface area contributed by atoms with Crippen LogP contribution < -0.4 is 5.32 Å². The Morgan fingerprint density at radius 2 is 1.71 bits per heavy atom. The number of unbranched alkanes of at least 4 members (excludes halogenated alkanes) is 3. The second kappa shape index (κ2) is 11.4. The van der Waals surface area contributed by atoms with E-state index in [2.05, 4.69) is 25.4 Å². The van der Waals surface area contributed by atoms with E-state index in [0.29, 0.717) is 0 Å². The molecule has 2 heteroatoms. The highest BCUT2D eigenvalue weighted by atomic mass is 32.2. The molecule has 0 aromatic heterocycles. The molecule has 1 nitrogen and oxygen atoms in total. The molecule has 0 bridgehead atoms. The van der Waals surface area contributed by atoms with Gasteiger partial charge in [-0.1, -0.05) is 26.7 Å². The summed E-state index contributed by atoms with van der Waals surface area (Å²) < 4.78 is 0. The molecule has 0 atom stereocenters. The highest BCUT2D eigenvalue weighted by Gasteiger charge is 1.93. The molecule has 0 aromatic carbocycles. The van der Waals surface area contributed by atoms with Crippen molar-refractivity contribution in [2.75, 3.05) is 25.1 Å². The van der Waals surface area contributed by atoms with E-state index in [9.17, 15) is 0 Å². The van der Waals surface area contributed by atoms with Crippen LogP contribution in [0.3, 0.4) is 0 Å². The maximum Gasteiger partial charge on any atom is -0.00465 e. The van der Waals surface area contributed by atoms with Crippen LogP contribution >= 0.6 is 11.8 Å². The molecule has 0 aliphatic carbocycles. The van der Waals surface area contributed by atoms with E-state index in [1.807, 2.05) is 11.8 Å². The van der Waals surface area contributed by atoms with E-state index in [1.54, 1.807) is 0 Å². The largest absolute Gasteiger partial charge is 0.317 e. The van der Waals surface area contributed by atoms with Crippen LogP contribution in [-0.4, -0.2) is 25.1 Å². The van der Waals surface area contributed by atoms with Crippen LogP contribution in [0.1, 0.15) is 46.0 Å². The molecule has 0 radical (unpaired) electrons. The zero-order valence-electron chi connectivity index (χ0n) is 10.1. The molecule has 0 saturated heterocycles. The first kappa shape index (κ1) is 14.3. The minimum Gasteiger partial charge on any atom is -0.317 e. The van der Waals surface area contributed by atoms with Gasteiger partial charge in [0.05, 0.1) is 0 Å². The van der Waals surface area contributed by atoms with E-state index < -0.39 is 0 Å². The SMILES string of the molecule is CSCCCCCCNCCC(C)C. The third-order valence-corrected chi connectivity index (χ3v) is 3.05. The maximum atomic E-state index is 3.50. The van der Waals surface area contributed by atoms with Gasteiger partial charge < -0.3 is 5.32 Å². The molecule has 0 aromatic rings. The second-order valence-corrected chi connectivity index (χ2v) is 5.33. The summed E-state index contributed by atoms with van der Waals surface area (Å²) >= 11 is 1.96. The van der Waals surface area contributed by atoms with Gasteiger partial charge in [-0.15, -0.1) is 0 Å². The van der Waals surface area contributed by atoms with Crippen LogP contribution in [0, 0.1) is 5.92 Å². The Kier molecular flexibility index (Phi) is 11.6. The maximum absolute atomic E-state index is 3.50. The molecule has 86 valence electrons. The van der Waals surface area contributed by atoms with Gasteiger partial charge in [-0.05, 0) is 50.3 Å². The van der Waals surface area contributed by atoms with Crippen molar-refractivity contribution in [3.63, 3.8) is 0 Å². The molecule has 0 aliphatic heterocycles. The fraction of sp³-hybridized carbons (Fsp3) is 1.00. The molecule has 0 aliphatic rings. The van der Waals surface area contributed by atoms with Crippen molar-refractivity contribution in [1.29, 1.82) is 0 Å². The van der Waals surface area contributed by atoms with Gasteiger partial charge in [-0.2, -0.15) is 11.8 Å². The van der Waals surface area contributed by atoms with Gasteiger partial charge in [-0.3, -0.25) is 0 Å². The molecule has 1 N–H and O–H groups in total. The molecule has 0 fully saturated rings. The van der Waals surface area contributed by atoms with Crippen LogP contribution in [0.5, 0.6) is 0 Å². The monoisotopic (exact) mass is 217 g/mol. The average Bonchev–Trinajstić information content (AvgIpc) is 2.15. The van der Waals surface area contributed by atoms with Gasteiger partial charge in [0.2, 0.25) is 0 Å². The van der Waals surface area contributed by atoms with Crippen LogP contribution in [0.15, 0.2) is 0 Å². The summed E-state index contributed by atoms with van der Waals surface area (Å²) in [6, 6.07) is 0. The van der Waals surface area contributed by atoms with Crippen molar-refractivity contribution in [3.05, 3.63) is 0 Å². The molecule has 0 unspecified atom stereocenters. The van der Waals surface area contributed by atoms with Crippen molar-refractivity contribution in [3.8, 4) is 0 Å². The highest BCUT2D eigenvalue weighted by molar-refractivity contribution is 7.98. The molecular weight excluding hydrogens is 190 g/mol.